The molecule has 4 N–H and O–H groups in total. The van der Waals surface area contributed by atoms with E-state index in [0.717, 1.165) is 5.56 Å². The summed E-state index contributed by atoms with van der Waals surface area (Å²) in [5.41, 5.74) is 7.30. The molecule has 3 amide bonds. The van der Waals surface area contributed by atoms with Crippen LogP contribution in [0.15, 0.2) is 46.6 Å². The van der Waals surface area contributed by atoms with Crippen LogP contribution in [0.3, 0.4) is 0 Å². The maximum atomic E-state index is 13.6. The van der Waals surface area contributed by atoms with Gasteiger partial charge in [-0.25, -0.2) is 9.59 Å². The Hall–Kier alpha value is -3.07. The van der Waals surface area contributed by atoms with E-state index in [4.69, 9.17) is 15.2 Å². The van der Waals surface area contributed by atoms with Gasteiger partial charge in [-0.2, -0.15) is 0 Å². The standard InChI is InChI=1S/C24H37N5O4/c1-8-33-22(31)28-20(26-6)17-14-29(24(4,5)18(17)25)21(30)27-19(23(2,3)15-32-7)16-12-10-9-11-13-16/h9-13,19H,8,14-15,25H2,1-7H3,(H,27,30)(H,26,28,31). The van der Waals surface area contributed by atoms with Gasteiger partial charge in [-0.15, -0.1) is 0 Å². The summed E-state index contributed by atoms with van der Waals surface area (Å²) in [7, 11) is 3.20. The van der Waals surface area contributed by atoms with Crippen molar-refractivity contribution in [2.24, 2.45) is 16.1 Å². The number of amidine groups is 1. The molecular weight excluding hydrogens is 422 g/mol. The lowest BCUT2D eigenvalue weighted by Crippen LogP contribution is -2.53. The topological polar surface area (TPSA) is 118 Å². The molecule has 2 rings (SSSR count). The number of nitrogens with zero attached hydrogens (tertiary/aromatic N) is 2. The highest BCUT2D eigenvalue weighted by Gasteiger charge is 2.44. The van der Waals surface area contributed by atoms with Crippen LogP contribution < -0.4 is 16.4 Å². The molecule has 1 heterocycles. The van der Waals surface area contributed by atoms with Gasteiger partial charge in [0.2, 0.25) is 0 Å². The first kappa shape index (κ1) is 26.2. The number of carbonyl (C=O) groups excluding carboxylic acids is 2. The summed E-state index contributed by atoms with van der Waals surface area (Å²) in [5.74, 6) is 0.286. The third kappa shape index (κ3) is 5.84. The highest BCUT2D eigenvalue weighted by atomic mass is 16.5. The average molecular weight is 460 g/mol. The summed E-state index contributed by atoms with van der Waals surface area (Å²) in [6.45, 7) is 10.4. The largest absolute Gasteiger partial charge is 0.450 e. The zero-order valence-electron chi connectivity index (χ0n) is 20.7. The van der Waals surface area contributed by atoms with Crippen LogP contribution in [0.2, 0.25) is 0 Å². The summed E-state index contributed by atoms with van der Waals surface area (Å²) < 4.78 is 10.4. The molecule has 0 aromatic heterocycles. The normalized spacial score (nSPS) is 17.1. The summed E-state index contributed by atoms with van der Waals surface area (Å²) in [6, 6.07) is 9.22. The average Bonchev–Trinajstić information content (AvgIpc) is 3.00. The Bertz CT molecular complexity index is 909. The number of carbonyl (C=O) groups is 2. The molecule has 9 nitrogen and oxygen atoms in total. The minimum atomic E-state index is -0.793. The second kappa shape index (κ2) is 10.7. The van der Waals surface area contributed by atoms with Gasteiger partial charge in [-0.3, -0.25) is 10.3 Å². The number of rotatable bonds is 7. The van der Waals surface area contributed by atoms with E-state index in [1.165, 1.54) is 0 Å². The number of alkyl carbamates (subject to hydrolysis) is 1. The molecule has 9 heteroatoms. The second-order valence-electron chi connectivity index (χ2n) is 9.17. The SMILES string of the molecule is CCOC(=O)NC(=NC)C1=C(N)C(C)(C)N(C(=O)NC(c2ccccc2)C(C)(C)COC)C1. The summed E-state index contributed by atoms with van der Waals surface area (Å²) >= 11 is 0. The van der Waals surface area contributed by atoms with E-state index in [-0.39, 0.29) is 36.5 Å². The summed E-state index contributed by atoms with van der Waals surface area (Å²) in [4.78, 5) is 31.3. The first-order valence-corrected chi connectivity index (χ1v) is 11.0. The van der Waals surface area contributed by atoms with Crippen molar-refractivity contribution in [3.8, 4) is 0 Å². The van der Waals surface area contributed by atoms with E-state index in [1.807, 2.05) is 58.0 Å². The van der Waals surface area contributed by atoms with Crippen LogP contribution >= 0.6 is 0 Å². The van der Waals surface area contributed by atoms with Gasteiger partial charge < -0.3 is 25.4 Å². The Morgan fingerprint density at radius 3 is 2.45 bits per heavy atom. The molecular formula is C24H37N5O4. The number of benzene rings is 1. The summed E-state index contributed by atoms with van der Waals surface area (Å²) in [5, 5.41) is 5.81. The van der Waals surface area contributed by atoms with Gasteiger partial charge in [0.1, 0.15) is 5.84 Å². The van der Waals surface area contributed by atoms with Crippen molar-refractivity contribution in [3.63, 3.8) is 0 Å². The predicted molar refractivity (Wildman–Crippen MR) is 129 cm³/mol. The Kier molecular flexibility index (Phi) is 8.49. The fourth-order valence-corrected chi connectivity index (χ4v) is 4.05. The number of methoxy groups -OCH3 is 1. The molecule has 0 saturated carbocycles. The zero-order chi connectivity index (χ0) is 24.8. The molecule has 1 atom stereocenters. The lowest BCUT2D eigenvalue weighted by molar-refractivity contribution is 0.0725. The first-order chi connectivity index (χ1) is 15.5. The third-order valence-corrected chi connectivity index (χ3v) is 5.92. The highest BCUT2D eigenvalue weighted by Crippen LogP contribution is 2.36. The smallest absolute Gasteiger partial charge is 0.412 e. The van der Waals surface area contributed by atoms with Gasteiger partial charge in [0.25, 0.3) is 0 Å². The van der Waals surface area contributed by atoms with Crippen LogP contribution in [0, 0.1) is 5.41 Å². The van der Waals surface area contributed by atoms with Crippen molar-refractivity contribution in [2.75, 3.05) is 33.9 Å². The molecule has 182 valence electrons. The molecule has 33 heavy (non-hydrogen) atoms. The zero-order valence-corrected chi connectivity index (χ0v) is 20.7. The Balaban J connectivity index is 2.31. The summed E-state index contributed by atoms with van der Waals surface area (Å²) in [6.07, 6.45) is -0.621. The Morgan fingerprint density at radius 1 is 1.27 bits per heavy atom. The third-order valence-electron chi connectivity index (χ3n) is 5.92. The minimum absolute atomic E-state index is 0.190. The van der Waals surface area contributed by atoms with E-state index in [0.29, 0.717) is 17.9 Å². The van der Waals surface area contributed by atoms with Gasteiger partial charge in [-0.05, 0) is 26.3 Å². The van der Waals surface area contributed by atoms with Crippen LogP contribution in [-0.2, 0) is 9.47 Å². The number of nitrogens with two attached hydrogens (primary N) is 1. The number of aliphatic imine (C=N–C) groups is 1. The van der Waals surface area contributed by atoms with Gasteiger partial charge in [0, 0.05) is 30.8 Å². The lowest BCUT2D eigenvalue weighted by Gasteiger charge is -2.39. The van der Waals surface area contributed by atoms with Crippen molar-refractivity contribution in [2.45, 2.75) is 46.2 Å². The van der Waals surface area contributed by atoms with Gasteiger partial charge in [-0.1, -0.05) is 44.2 Å². The van der Waals surface area contributed by atoms with Crippen LogP contribution in [0.4, 0.5) is 9.59 Å². The number of hydrogen-bond donors (Lipinski definition) is 3. The van der Waals surface area contributed by atoms with Gasteiger partial charge in [0.15, 0.2) is 0 Å². The maximum absolute atomic E-state index is 13.6. The molecule has 0 bridgehead atoms. The fraction of sp³-hybridized carbons (Fsp3) is 0.542. The number of hydrogen-bond acceptors (Lipinski definition) is 6. The van der Waals surface area contributed by atoms with Crippen molar-refractivity contribution in [1.29, 1.82) is 0 Å². The molecule has 1 unspecified atom stereocenters. The van der Waals surface area contributed by atoms with Crippen LogP contribution in [0.5, 0.6) is 0 Å². The minimum Gasteiger partial charge on any atom is -0.450 e. The van der Waals surface area contributed by atoms with Crippen molar-refractivity contribution in [3.05, 3.63) is 47.2 Å². The monoisotopic (exact) mass is 459 g/mol. The van der Waals surface area contributed by atoms with Gasteiger partial charge >= 0.3 is 12.1 Å². The van der Waals surface area contributed by atoms with Crippen LogP contribution in [0.1, 0.15) is 46.2 Å². The lowest BCUT2D eigenvalue weighted by atomic mass is 9.81. The van der Waals surface area contributed by atoms with Gasteiger partial charge in [0.05, 0.1) is 31.3 Å². The van der Waals surface area contributed by atoms with Crippen molar-refractivity contribution < 1.29 is 19.1 Å². The molecule has 0 fully saturated rings. The van der Waals surface area contributed by atoms with Crippen LogP contribution in [0.25, 0.3) is 0 Å². The highest BCUT2D eigenvalue weighted by molar-refractivity contribution is 6.07. The molecule has 0 aliphatic carbocycles. The van der Waals surface area contributed by atoms with E-state index >= 15 is 0 Å². The molecule has 0 saturated heterocycles. The number of amides is 3. The van der Waals surface area contributed by atoms with E-state index in [9.17, 15) is 9.59 Å². The molecule has 1 aromatic rings. The molecule has 0 radical (unpaired) electrons. The Labute approximate surface area is 196 Å². The maximum Gasteiger partial charge on any atom is 0.412 e. The quantitative estimate of drug-likeness (QED) is 0.427. The van der Waals surface area contributed by atoms with E-state index in [1.54, 1.807) is 26.0 Å². The second-order valence-corrected chi connectivity index (χ2v) is 9.17. The van der Waals surface area contributed by atoms with E-state index < -0.39 is 11.6 Å². The van der Waals surface area contributed by atoms with E-state index in [2.05, 4.69) is 15.6 Å². The van der Waals surface area contributed by atoms with Crippen molar-refractivity contribution >= 4 is 18.0 Å². The van der Waals surface area contributed by atoms with Crippen LogP contribution in [-0.4, -0.2) is 62.3 Å². The Morgan fingerprint density at radius 2 is 1.91 bits per heavy atom. The number of ether oxygens (including phenoxy) is 2. The number of urea groups is 1. The fourth-order valence-electron chi connectivity index (χ4n) is 4.05. The molecule has 1 aromatic carbocycles. The molecule has 0 spiro atoms. The first-order valence-electron chi connectivity index (χ1n) is 11.0. The molecule has 1 aliphatic heterocycles. The van der Waals surface area contributed by atoms with Crippen molar-refractivity contribution in [1.82, 2.24) is 15.5 Å². The molecule has 1 aliphatic rings. The predicted octanol–water partition coefficient (Wildman–Crippen LogP) is 3.19. The number of nitrogens with one attached hydrogen (secondary N) is 2.